The van der Waals surface area contributed by atoms with E-state index >= 15 is 0 Å². The van der Waals surface area contributed by atoms with Crippen molar-refractivity contribution in [1.82, 2.24) is 4.98 Å². The predicted molar refractivity (Wildman–Crippen MR) is 162 cm³/mol. The number of Topliss-reactive ketones (excluding diaryl/α,β-unsaturated/α-hetero) is 1. The van der Waals surface area contributed by atoms with Gasteiger partial charge >= 0.3 is 5.97 Å². The number of ether oxygens (including phenoxy) is 1. The first kappa shape index (κ1) is 28.5. The Morgan fingerprint density at radius 2 is 1.81 bits per heavy atom. The smallest absolute Gasteiger partial charge is 0.339 e. The van der Waals surface area contributed by atoms with Crippen LogP contribution < -0.4 is 0 Å². The number of fused-ring (bicyclic) bond motifs is 6. The summed E-state index contributed by atoms with van der Waals surface area (Å²) in [5.41, 5.74) is 0.554. The van der Waals surface area contributed by atoms with Gasteiger partial charge in [0.25, 0.3) is 5.22 Å². The normalized spacial score (nSPS) is 35.0. The highest BCUT2D eigenvalue weighted by molar-refractivity contribution is 7.99. The molecule has 7 rings (SSSR count). The maximum atomic E-state index is 14.5. The van der Waals surface area contributed by atoms with E-state index in [1.807, 2.05) is 36.4 Å². The number of esters is 1. The molecule has 8 heteroatoms. The van der Waals surface area contributed by atoms with Crippen LogP contribution in [0, 0.1) is 28.6 Å². The van der Waals surface area contributed by atoms with E-state index in [1.165, 1.54) is 17.3 Å². The Hall–Kier alpha value is -3.23. The van der Waals surface area contributed by atoms with Crippen LogP contribution in [0.1, 0.15) is 69.2 Å². The van der Waals surface area contributed by atoms with E-state index in [1.54, 1.807) is 24.3 Å². The molecule has 0 spiro atoms. The summed E-state index contributed by atoms with van der Waals surface area (Å²) in [5, 5.41) is 12.3. The van der Waals surface area contributed by atoms with Gasteiger partial charge in [0.15, 0.2) is 22.8 Å². The SMILES string of the molecule is CC12CCC(=O)C=C1CCC1C2C(O)CC2(C)C1CC[C@]2(OC(=O)c1ccccc1)C(=O)CSc1nc2ccccc2o1. The number of hydrogen-bond donors (Lipinski definition) is 1. The van der Waals surface area contributed by atoms with Gasteiger partial charge in [0, 0.05) is 11.8 Å². The Morgan fingerprint density at radius 3 is 2.60 bits per heavy atom. The molecule has 43 heavy (non-hydrogen) atoms. The molecule has 3 saturated carbocycles. The van der Waals surface area contributed by atoms with Crippen LogP contribution in [0.25, 0.3) is 11.1 Å². The number of allylic oxidation sites excluding steroid dienone is 1. The van der Waals surface area contributed by atoms with Crippen molar-refractivity contribution >= 4 is 40.4 Å². The number of carbonyl (C=O) groups excluding carboxylic acids is 3. The van der Waals surface area contributed by atoms with E-state index in [0.717, 1.165) is 31.2 Å². The van der Waals surface area contributed by atoms with Gasteiger partial charge in [-0.05, 0) is 92.0 Å². The summed E-state index contributed by atoms with van der Waals surface area (Å²) in [7, 11) is 0. The number of aliphatic hydroxyl groups is 1. The topological polar surface area (TPSA) is 107 Å². The van der Waals surface area contributed by atoms with Crippen molar-refractivity contribution < 1.29 is 28.6 Å². The second-order valence-corrected chi connectivity index (χ2v) is 14.3. The molecule has 6 unspecified atom stereocenters. The van der Waals surface area contributed by atoms with Gasteiger partial charge < -0.3 is 14.3 Å². The predicted octanol–water partition coefficient (Wildman–Crippen LogP) is 6.59. The summed E-state index contributed by atoms with van der Waals surface area (Å²) in [4.78, 5) is 44.9. The third-order valence-electron chi connectivity index (χ3n) is 11.3. The molecule has 7 nitrogen and oxygen atoms in total. The van der Waals surface area contributed by atoms with Crippen molar-refractivity contribution in [3.8, 4) is 0 Å². The summed E-state index contributed by atoms with van der Waals surface area (Å²) < 4.78 is 12.3. The van der Waals surface area contributed by atoms with Crippen LogP contribution in [-0.2, 0) is 14.3 Å². The minimum Gasteiger partial charge on any atom is -0.447 e. The van der Waals surface area contributed by atoms with E-state index in [9.17, 15) is 19.5 Å². The standard InChI is InChI=1S/C35H37NO6S/c1-33-16-14-23(37)18-22(33)12-13-24-25-15-17-35(34(25,2)19-27(38)30(24)33,42-31(40)21-8-4-3-5-9-21)29(39)20-43-32-36-26-10-6-7-11-28(26)41-32/h3-11,18,24-25,27,30,38H,12-17,19-20H2,1-2H3/t24?,25?,27?,30?,33?,34?,35-/m0/s1. The first-order valence-corrected chi connectivity index (χ1v) is 16.4. The quantitative estimate of drug-likeness (QED) is 0.250. The zero-order chi connectivity index (χ0) is 30.0. The lowest BCUT2D eigenvalue weighted by Crippen LogP contribution is -2.63. The summed E-state index contributed by atoms with van der Waals surface area (Å²) in [5.74, 6) is -0.220. The molecule has 1 heterocycles. The second kappa shape index (κ2) is 10.4. The molecule has 4 aliphatic carbocycles. The molecule has 2 aromatic carbocycles. The van der Waals surface area contributed by atoms with Crippen molar-refractivity contribution in [2.24, 2.45) is 28.6 Å². The molecule has 0 saturated heterocycles. The number of nitrogens with zero attached hydrogens (tertiary/aromatic N) is 1. The third-order valence-corrected chi connectivity index (χ3v) is 12.2. The lowest BCUT2D eigenvalue weighted by molar-refractivity contribution is -0.180. The first-order valence-electron chi connectivity index (χ1n) is 15.4. The molecular formula is C35H37NO6S. The van der Waals surface area contributed by atoms with Crippen LogP contribution in [0.15, 0.2) is 75.9 Å². The Bertz CT molecular complexity index is 1600. The lowest BCUT2D eigenvalue weighted by Gasteiger charge is -2.60. The number of aliphatic hydroxyl groups excluding tert-OH is 1. The highest BCUT2D eigenvalue weighted by atomic mass is 32.2. The number of benzene rings is 2. The lowest BCUT2D eigenvalue weighted by atomic mass is 9.45. The summed E-state index contributed by atoms with van der Waals surface area (Å²) in [6.07, 6.45) is 5.57. The van der Waals surface area contributed by atoms with E-state index in [0.29, 0.717) is 35.6 Å². The fourth-order valence-corrected chi connectivity index (χ4v) is 10.1. The average molecular weight is 600 g/mol. The van der Waals surface area contributed by atoms with Crippen LogP contribution in [0.3, 0.4) is 0 Å². The van der Waals surface area contributed by atoms with E-state index < -0.39 is 23.1 Å². The second-order valence-electron chi connectivity index (χ2n) is 13.4. The molecule has 1 aromatic heterocycles. The number of ketones is 2. The zero-order valence-corrected chi connectivity index (χ0v) is 25.4. The molecule has 3 aromatic rings. The summed E-state index contributed by atoms with van der Waals surface area (Å²) in [6, 6.07) is 16.3. The fraction of sp³-hybridized carbons (Fsp3) is 0.486. The molecule has 4 aliphatic rings. The fourth-order valence-electron chi connectivity index (χ4n) is 9.31. The number of para-hydroxylation sites is 2. The monoisotopic (exact) mass is 599 g/mol. The van der Waals surface area contributed by atoms with Crippen molar-refractivity contribution in [1.29, 1.82) is 0 Å². The van der Waals surface area contributed by atoms with Gasteiger partial charge in [-0.25, -0.2) is 9.78 Å². The van der Waals surface area contributed by atoms with Gasteiger partial charge in [-0.3, -0.25) is 9.59 Å². The van der Waals surface area contributed by atoms with Gasteiger partial charge in [0.1, 0.15) is 5.52 Å². The molecule has 1 N–H and O–H groups in total. The van der Waals surface area contributed by atoms with Gasteiger partial charge in [0.2, 0.25) is 0 Å². The number of carbonyl (C=O) groups is 3. The van der Waals surface area contributed by atoms with Gasteiger partial charge in [-0.2, -0.15) is 0 Å². The van der Waals surface area contributed by atoms with Crippen LogP contribution >= 0.6 is 11.8 Å². The zero-order valence-electron chi connectivity index (χ0n) is 24.6. The Morgan fingerprint density at radius 1 is 1.05 bits per heavy atom. The van der Waals surface area contributed by atoms with Gasteiger partial charge in [0.05, 0.1) is 17.4 Å². The minimum atomic E-state index is -1.39. The van der Waals surface area contributed by atoms with Gasteiger partial charge in [-0.1, -0.05) is 61.5 Å². The third kappa shape index (κ3) is 4.43. The highest BCUT2D eigenvalue weighted by Gasteiger charge is 2.70. The van der Waals surface area contributed by atoms with Gasteiger partial charge in [-0.15, -0.1) is 0 Å². The van der Waals surface area contributed by atoms with E-state index in [-0.39, 0.29) is 40.5 Å². The number of rotatable bonds is 6. The van der Waals surface area contributed by atoms with Crippen molar-refractivity contribution in [3.63, 3.8) is 0 Å². The van der Waals surface area contributed by atoms with Crippen LogP contribution in [0.2, 0.25) is 0 Å². The Labute approximate surface area is 255 Å². The largest absolute Gasteiger partial charge is 0.447 e. The molecule has 0 aliphatic heterocycles. The summed E-state index contributed by atoms with van der Waals surface area (Å²) in [6.45, 7) is 4.27. The van der Waals surface area contributed by atoms with Crippen molar-refractivity contribution in [2.45, 2.75) is 75.7 Å². The minimum absolute atomic E-state index is 0.00326. The molecule has 0 radical (unpaired) electrons. The molecule has 0 amide bonds. The Kier molecular flexibility index (Phi) is 6.93. The number of hydrogen-bond acceptors (Lipinski definition) is 8. The number of aromatic nitrogens is 1. The van der Waals surface area contributed by atoms with Crippen LogP contribution in [0.5, 0.6) is 0 Å². The van der Waals surface area contributed by atoms with E-state index in [2.05, 4.69) is 18.8 Å². The number of thioether (sulfide) groups is 1. The maximum Gasteiger partial charge on any atom is 0.339 e. The highest BCUT2D eigenvalue weighted by Crippen LogP contribution is 2.68. The number of oxazole rings is 1. The average Bonchev–Trinajstić information content (AvgIpc) is 3.55. The summed E-state index contributed by atoms with van der Waals surface area (Å²) >= 11 is 1.22. The van der Waals surface area contributed by atoms with E-state index in [4.69, 9.17) is 9.15 Å². The molecule has 224 valence electrons. The molecule has 7 atom stereocenters. The van der Waals surface area contributed by atoms with Crippen LogP contribution in [-0.4, -0.2) is 45.1 Å². The first-order chi connectivity index (χ1) is 20.6. The molecular weight excluding hydrogens is 562 g/mol. The molecule has 3 fully saturated rings. The van der Waals surface area contributed by atoms with Crippen molar-refractivity contribution in [3.05, 3.63) is 71.8 Å². The maximum absolute atomic E-state index is 14.5. The molecule has 0 bridgehead atoms. The Balaban J connectivity index is 1.23. The van der Waals surface area contributed by atoms with Crippen LogP contribution in [0.4, 0.5) is 0 Å². The van der Waals surface area contributed by atoms with Crippen molar-refractivity contribution in [2.75, 3.05) is 5.75 Å².